The predicted molar refractivity (Wildman–Crippen MR) is 133 cm³/mol. The van der Waals surface area contributed by atoms with Gasteiger partial charge in [-0.3, -0.25) is 0 Å². The largest absolute Gasteiger partial charge is 0.491 e. The van der Waals surface area contributed by atoms with Crippen molar-refractivity contribution in [3.05, 3.63) is 107 Å². The van der Waals surface area contributed by atoms with Crippen LogP contribution in [-0.2, 0) is 5.41 Å². The molecule has 1 aliphatic heterocycles. The fraction of sp³-hybridized carbons (Fsp3) is 0.172. The maximum absolute atomic E-state index is 9.31. The van der Waals surface area contributed by atoms with Crippen LogP contribution in [0.5, 0.6) is 11.5 Å². The Balaban J connectivity index is 1.70. The minimum Gasteiger partial charge on any atom is -0.491 e. The molecule has 0 atom stereocenters. The predicted octanol–water partition coefficient (Wildman–Crippen LogP) is 5.26. The molecule has 4 aromatic carbocycles. The molecule has 5 heteroatoms. The molecule has 4 nitrogen and oxygen atoms in total. The van der Waals surface area contributed by atoms with Gasteiger partial charge in [-0.15, -0.1) is 0 Å². The van der Waals surface area contributed by atoms with E-state index in [1.165, 1.54) is 20.9 Å². The first-order valence-electron chi connectivity index (χ1n) is 11.4. The molecule has 2 aliphatic rings. The van der Waals surface area contributed by atoms with Crippen molar-refractivity contribution in [3.63, 3.8) is 0 Å². The molecule has 1 heterocycles. The Morgan fingerprint density at radius 2 is 1.06 bits per heavy atom. The molecule has 0 fully saturated rings. The SMILES string of the molecule is OCCOc1ccc2c(c1)C1(c3ccccc3Sc3ccccc31)c1cc(OCCO)ccc1-2. The molecule has 0 amide bonds. The third-order valence-electron chi connectivity index (χ3n) is 6.60. The number of aliphatic hydroxyl groups is 2. The van der Waals surface area contributed by atoms with Crippen LogP contribution in [0.2, 0.25) is 0 Å². The molecule has 0 saturated carbocycles. The minimum absolute atomic E-state index is 0.0314. The van der Waals surface area contributed by atoms with E-state index in [4.69, 9.17) is 9.47 Å². The molecule has 0 saturated heterocycles. The van der Waals surface area contributed by atoms with E-state index >= 15 is 0 Å². The standard InChI is InChI=1S/C29H24O4S/c30-13-15-32-19-9-11-21-22-12-10-20(33-16-14-31)18-26(22)29(25(21)17-19)23-5-1-3-7-27(23)34-28-8-4-2-6-24(28)29/h1-12,17-18,30-31H,13-16H2. The number of hydrogen-bond acceptors (Lipinski definition) is 5. The van der Waals surface area contributed by atoms with Crippen LogP contribution >= 0.6 is 11.8 Å². The molecule has 34 heavy (non-hydrogen) atoms. The summed E-state index contributed by atoms with van der Waals surface area (Å²) in [6.07, 6.45) is 0. The Labute approximate surface area is 202 Å². The molecule has 1 aliphatic carbocycles. The van der Waals surface area contributed by atoms with Gasteiger partial charge in [0.1, 0.15) is 24.7 Å². The van der Waals surface area contributed by atoms with E-state index in [1.54, 1.807) is 11.8 Å². The fourth-order valence-corrected chi connectivity index (χ4v) is 6.56. The third kappa shape index (κ3) is 3.08. The smallest absolute Gasteiger partial charge is 0.119 e. The maximum Gasteiger partial charge on any atom is 0.119 e. The Hall–Kier alpha value is -3.25. The lowest BCUT2D eigenvalue weighted by atomic mass is 9.67. The zero-order valence-corrected chi connectivity index (χ0v) is 19.3. The number of fused-ring (bicyclic) bond motifs is 9. The van der Waals surface area contributed by atoms with Crippen molar-refractivity contribution in [3.8, 4) is 22.6 Å². The summed E-state index contributed by atoms with van der Waals surface area (Å²) >= 11 is 1.80. The van der Waals surface area contributed by atoms with Crippen LogP contribution in [0.1, 0.15) is 22.3 Å². The van der Waals surface area contributed by atoms with Gasteiger partial charge in [0.25, 0.3) is 0 Å². The zero-order valence-electron chi connectivity index (χ0n) is 18.5. The van der Waals surface area contributed by atoms with Crippen LogP contribution in [0.4, 0.5) is 0 Å². The van der Waals surface area contributed by atoms with E-state index in [9.17, 15) is 10.2 Å². The average Bonchev–Trinajstić information content (AvgIpc) is 3.16. The Morgan fingerprint density at radius 3 is 1.53 bits per heavy atom. The number of benzene rings is 4. The number of aliphatic hydroxyl groups excluding tert-OH is 2. The van der Waals surface area contributed by atoms with Gasteiger partial charge < -0.3 is 19.7 Å². The van der Waals surface area contributed by atoms with Crippen molar-refractivity contribution in [2.45, 2.75) is 15.2 Å². The summed E-state index contributed by atoms with van der Waals surface area (Å²) in [4.78, 5) is 2.45. The van der Waals surface area contributed by atoms with E-state index in [-0.39, 0.29) is 26.4 Å². The van der Waals surface area contributed by atoms with Gasteiger partial charge in [0, 0.05) is 9.79 Å². The highest BCUT2D eigenvalue weighted by atomic mass is 32.2. The van der Waals surface area contributed by atoms with Crippen molar-refractivity contribution < 1.29 is 19.7 Å². The first kappa shape index (κ1) is 21.3. The van der Waals surface area contributed by atoms with Gasteiger partial charge in [-0.05, 0) is 69.8 Å². The summed E-state index contributed by atoms with van der Waals surface area (Å²) in [6.45, 7) is 0.439. The lowest BCUT2D eigenvalue weighted by molar-refractivity contribution is 0.201. The molecule has 170 valence electrons. The highest BCUT2D eigenvalue weighted by Gasteiger charge is 2.50. The fourth-order valence-electron chi connectivity index (χ4n) is 5.36. The lowest BCUT2D eigenvalue weighted by Crippen LogP contribution is -2.32. The number of ether oxygens (including phenoxy) is 2. The Morgan fingerprint density at radius 1 is 0.588 bits per heavy atom. The van der Waals surface area contributed by atoms with E-state index in [2.05, 4.69) is 72.8 Å². The summed E-state index contributed by atoms with van der Waals surface area (Å²) in [5.41, 5.74) is 6.60. The molecule has 1 spiro atoms. The maximum atomic E-state index is 9.31. The third-order valence-corrected chi connectivity index (χ3v) is 7.75. The molecule has 4 aromatic rings. The van der Waals surface area contributed by atoms with E-state index < -0.39 is 5.41 Å². The second kappa shape index (κ2) is 8.51. The molecule has 0 aromatic heterocycles. The van der Waals surface area contributed by atoms with Gasteiger partial charge in [0.2, 0.25) is 0 Å². The van der Waals surface area contributed by atoms with Crippen molar-refractivity contribution in [2.75, 3.05) is 26.4 Å². The van der Waals surface area contributed by atoms with Crippen molar-refractivity contribution in [1.82, 2.24) is 0 Å². The molecule has 6 rings (SSSR count). The van der Waals surface area contributed by atoms with Crippen LogP contribution in [0.3, 0.4) is 0 Å². The highest BCUT2D eigenvalue weighted by molar-refractivity contribution is 7.99. The number of rotatable bonds is 6. The second-order valence-electron chi connectivity index (χ2n) is 8.40. The van der Waals surface area contributed by atoms with Gasteiger partial charge in [-0.2, -0.15) is 0 Å². The molecule has 0 bridgehead atoms. The molecule has 2 N–H and O–H groups in total. The van der Waals surface area contributed by atoms with Gasteiger partial charge in [0.15, 0.2) is 0 Å². The second-order valence-corrected chi connectivity index (χ2v) is 9.49. The summed E-state index contributed by atoms with van der Waals surface area (Å²) in [6, 6.07) is 29.7. The average molecular weight is 469 g/mol. The van der Waals surface area contributed by atoms with E-state index in [1.807, 2.05) is 12.1 Å². The quantitative estimate of drug-likeness (QED) is 0.349. The van der Waals surface area contributed by atoms with Crippen LogP contribution in [0.25, 0.3) is 11.1 Å². The summed E-state index contributed by atoms with van der Waals surface area (Å²) in [5.74, 6) is 1.48. The summed E-state index contributed by atoms with van der Waals surface area (Å²) < 4.78 is 11.7. The summed E-state index contributed by atoms with van der Waals surface area (Å²) in [7, 11) is 0. The van der Waals surface area contributed by atoms with Gasteiger partial charge in [-0.25, -0.2) is 0 Å². The highest BCUT2D eigenvalue weighted by Crippen LogP contribution is 2.62. The first-order valence-corrected chi connectivity index (χ1v) is 12.2. The van der Waals surface area contributed by atoms with Crippen molar-refractivity contribution in [2.24, 2.45) is 0 Å². The number of hydrogen-bond donors (Lipinski definition) is 2. The van der Waals surface area contributed by atoms with Crippen LogP contribution < -0.4 is 9.47 Å². The monoisotopic (exact) mass is 468 g/mol. The van der Waals surface area contributed by atoms with Crippen LogP contribution in [-0.4, -0.2) is 36.6 Å². The molecular formula is C29H24O4S. The molecule has 0 unspecified atom stereocenters. The van der Waals surface area contributed by atoms with Crippen molar-refractivity contribution in [1.29, 1.82) is 0 Å². The topological polar surface area (TPSA) is 58.9 Å². The Kier molecular flexibility index (Phi) is 5.33. The van der Waals surface area contributed by atoms with Crippen molar-refractivity contribution >= 4 is 11.8 Å². The molecule has 0 radical (unpaired) electrons. The van der Waals surface area contributed by atoms with E-state index in [0.29, 0.717) is 0 Å². The van der Waals surface area contributed by atoms with Gasteiger partial charge in [-0.1, -0.05) is 60.3 Å². The lowest BCUT2D eigenvalue weighted by Gasteiger charge is -2.39. The molecular weight excluding hydrogens is 444 g/mol. The summed E-state index contributed by atoms with van der Waals surface area (Å²) in [5, 5.41) is 18.6. The van der Waals surface area contributed by atoms with E-state index in [0.717, 1.165) is 33.8 Å². The van der Waals surface area contributed by atoms with Gasteiger partial charge >= 0.3 is 0 Å². The van der Waals surface area contributed by atoms with Crippen LogP contribution in [0, 0.1) is 0 Å². The first-order chi connectivity index (χ1) is 16.8. The minimum atomic E-state index is -0.528. The zero-order chi connectivity index (χ0) is 23.1. The Bertz CT molecular complexity index is 1280. The van der Waals surface area contributed by atoms with Gasteiger partial charge in [0.05, 0.1) is 18.6 Å². The normalized spacial score (nSPS) is 14.2. The van der Waals surface area contributed by atoms with Crippen LogP contribution in [0.15, 0.2) is 94.7 Å².